The number of hydrogen-bond donors (Lipinski definition) is 1. The van der Waals surface area contributed by atoms with Crippen LogP contribution < -0.4 is 5.32 Å². The molecule has 1 aliphatic rings. The highest BCUT2D eigenvalue weighted by Gasteiger charge is 2.31. The lowest BCUT2D eigenvalue weighted by atomic mass is 10.0. The minimum atomic E-state index is -0.293. The Hall–Kier alpha value is -0.900. The van der Waals surface area contributed by atoms with Crippen LogP contribution in [0.15, 0.2) is 16.6 Å². The number of benzene rings is 1. The Morgan fingerprint density at radius 1 is 1.53 bits per heavy atom. The Labute approximate surface area is 96.0 Å². The molecule has 0 aliphatic heterocycles. The highest BCUT2D eigenvalue weighted by atomic mass is 79.9. The van der Waals surface area contributed by atoms with Crippen LogP contribution in [0.25, 0.3) is 0 Å². The molecule has 0 aromatic heterocycles. The van der Waals surface area contributed by atoms with Gasteiger partial charge >= 0.3 is 0 Å². The van der Waals surface area contributed by atoms with Gasteiger partial charge in [0.15, 0.2) is 0 Å². The fourth-order valence-electron chi connectivity index (χ4n) is 1.67. The second kappa shape index (κ2) is 3.93. The summed E-state index contributed by atoms with van der Waals surface area (Å²) in [6, 6.07) is 3.24. The van der Waals surface area contributed by atoms with E-state index in [1.807, 2.05) is 0 Å². The molecule has 2 nitrogen and oxygen atoms in total. The fraction of sp³-hybridized carbons (Fsp3) is 0.364. The van der Waals surface area contributed by atoms with Crippen molar-refractivity contribution in [3.8, 4) is 0 Å². The minimum absolute atomic E-state index is 0.217. The summed E-state index contributed by atoms with van der Waals surface area (Å²) in [4.78, 5) is 11.5. The van der Waals surface area contributed by atoms with Gasteiger partial charge in [0.05, 0.1) is 4.47 Å². The van der Waals surface area contributed by atoms with Crippen LogP contribution >= 0.6 is 15.9 Å². The Kier molecular flexibility index (Phi) is 2.78. The molecular formula is C11H11BrFNO. The van der Waals surface area contributed by atoms with Gasteiger partial charge in [-0.2, -0.15) is 0 Å². The van der Waals surface area contributed by atoms with Crippen LogP contribution in [0.5, 0.6) is 0 Å². The molecule has 0 radical (unpaired) electrons. The number of carbonyl (C=O) groups excluding carboxylic acids is 1. The van der Waals surface area contributed by atoms with Gasteiger partial charge in [-0.25, -0.2) is 4.39 Å². The van der Waals surface area contributed by atoms with E-state index in [-0.39, 0.29) is 17.6 Å². The highest BCUT2D eigenvalue weighted by molar-refractivity contribution is 9.10. The van der Waals surface area contributed by atoms with Crippen LogP contribution in [0.3, 0.4) is 0 Å². The summed E-state index contributed by atoms with van der Waals surface area (Å²) in [5, 5.41) is 2.53. The fourth-order valence-corrected chi connectivity index (χ4v) is 2.02. The van der Waals surface area contributed by atoms with Crippen molar-refractivity contribution in [1.29, 1.82) is 0 Å². The number of nitrogens with one attached hydrogen (secondary N) is 1. The Morgan fingerprint density at radius 3 is 2.73 bits per heavy atom. The van der Waals surface area contributed by atoms with Crippen molar-refractivity contribution < 1.29 is 9.18 Å². The van der Waals surface area contributed by atoms with Crippen LogP contribution in [0.4, 0.5) is 4.39 Å². The lowest BCUT2D eigenvalue weighted by Crippen LogP contribution is -2.20. The number of amides is 1. The van der Waals surface area contributed by atoms with Crippen molar-refractivity contribution >= 4 is 21.8 Å². The largest absolute Gasteiger partial charge is 0.355 e. The molecule has 1 aromatic rings. The van der Waals surface area contributed by atoms with Gasteiger partial charge in [-0.1, -0.05) is 0 Å². The molecule has 1 aliphatic carbocycles. The summed E-state index contributed by atoms with van der Waals surface area (Å²) in [5.74, 6) is -0.295. The van der Waals surface area contributed by atoms with Gasteiger partial charge < -0.3 is 5.32 Å². The maximum Gasteiger partial charge on any atom is 0.251 e. The van der Waals surface area contributed by atoms with E-state index in [1.165, 1.54) is 0 Å². The first kappa shape index (κ1) is 10.6. The topological polar surface area (TPSA) is 29.1 Å². The maximum absolute atomic E-state index is 13.8. The van der Waals surface area contributed by atoms with Crippen molar-refractivity contribution in [2.24, 2.45) is 0 Å². The Balaban J connectivity index is 2.53. The molecular weight excluding hydrogens is 261 g/mol. The molecule has 1 amide bonds. The summed E-state index contributed by atoms with van der Waals surface area (Å²) in [6.07, 6.45) is 1.94. The molecule has 0 heterocycles. The van der Waals surface area contributed by atoms with Gasteiger partial charge in [0, 0.05) is 18.2 Å². The second-order valence-electron chi connectivity index (χ2n) is 3.68. The Morgan fingerprint density at radius 2 is 2.20 bits per heavy atom. The normalized spacial score (nSPS) is 15.1. The molecule has 1 fully saturated rings. The zero-order valence-corrected chi connectivity index (χ0v) is 9.90. The average molecular weight is 272 g/mol. The molecule has 0 unspecified atom stereocenters. The zero-order chi connectivity index (χ0) is 11.0. The van der Waals surface area contributed by atoms with Crippen molar-refractivity contribution in [3.63, 3.8) is 0 Å². The number of hydrogen-bond acceptors (Lipinski definition) is 1. The predicted molar refractivity (Wildman–Crippen MR) is 59.5 cm³/mol. The van der Waals surface area contributed by atoms with Crippen LogP contribution in [0.2, 0.25) is 0 Å². The van der Waals surface area contributed by atoms with E-state index in [2.05, 4.69) is 21.2 Å². The molecule has 4 heteroatoms. The van der Waals surface area contributed by atoms with Crippen molar-refractivity contribution in [2.75, 3.05) is 7.05 Å². The molecule has 1 saturated carbocycles. The Bertz CT molecular complexity index is 415. The number of halogens is 2. The summed E-state index contributed by atoms with van der Waals surface area (Å²) in [6.45, 7) is 0. The van der Waals surface area contributed by atoms with Crippen molar-refractivity contribution in [1.82, 2.24) is 5.32 Å². The lowest BCUT2D eigenvalue weighted by Gasteiger charge is -2.09. The van der Waals surface area contributed by atoms with E-state index in [4.69, 9.17) is 0 Å². The molecule has 1 N–H and O–H groups in total. The summed E-state index contributed by atoms with van der Waals surface area (Å²) in [5.41, 5.74) is 1.02. The summed E-state index contributed by atoms with van der Waals surface area (Å²) >= 11 is 3.14. The summed E-state index contributed by atoms with van der Waals surface area (Å²) < 4.78 is 14.3. The highest BCUT2D eigenvalue weighted by Crippen LogP contribution is 2.44. The first-order valence-corrected chi connectivity index (χ1v) is 5.64. The first-order chi connectivity index (χ1) is 7.15. The van der Waals surface area contributed by atoms with Crippen LogP contribution in [-0.2, 0) is 0 Å². The van der Waals surface area contributed by atoms with E-state index in [0.29, 0.717) is 15.6 Å². The lowest BCUT2D eigenvalue weighted by molar-refractivity contribution is 0.0961. The van der Waals surface area contributed by atoms with E-state index < -0.39 is 0 Å². The molecule has 0 spiro atoms. The monoisotopic (exact) mass is 271 g/mol. The quantitative estimate of drug-likeness (QED) is 0.881. The van der Waals surface area contributed by atoms with E-state index in [1.54, 1.807) is 19.2 Å². The van der Waals surface area contributed by atoms with Crippen molar-refractivity contribution in [3.05, 3.63) is 33.5 Å². The molecule has 80 valence electrons. The maximum atomic E-state index is 13.8. The van der Waals surface area contributed by atoms with Crippen molar-refractivity contribution in [2.45, 2.75) is 18.8 Å². The van der Waals surface area contributed by atoms with Gasteiger partial charge in [-0.05, 0) is 46.8 Å². The van der Waals surface area contributed by atoms with Crippen LogP contribution in [0.1, 0.15) is 34.7 Å². The van der Waals surface area contributed by atoms with Gasteiger partial charge in [-0.15, -0.1) is 0 Å². The number of rotatable bonds is 2. The third-order valence-corrected chi connectivity index (χ3v) is 3.20. The molecule has 2 rings (SSSR count). The third-order valence-electron chi connectivity index (χ3n) is 2.59. The smallest absolute Gasteiger partial charge is 0.251 e. The third kappa shape index (κ3) is 1.91. The van der Waals surface area contributed by atoms with Crippen LogP contribution in [0, 0.1) is 5.82 Å². The SMILES string of the molecule is CNC(=O)c1ccc(Br)c(F)c1C1CC1. The summed E-state index contributed by atoms with van der Waals surface area (Å²) in [7, 11) is 1.55. The predicted octanol–water partition coefficient (Wildman–Crippen LogP) is 2.83. The number of carbonyl (C=O) groups is 1. The molecule has 0 bridgehead atoms. The molecule has 1 aromatic carbocycles. The van der Waals surface area contributed by atoms with Gasteiger partial charge in [0.2, 0.25) is 0 Å². The van der Waals surface area contributed by atoms with Gasteiger partial charge in [-0.3, -0.25) is 4.79 Å². The van der Waals surface area contributed by atoms with E-state index in [9.17, 15) is 9.18 Å². The first-order valence-electron chi connectivity index (χ1n) is 4.85. The van der Waals surface area contributed by atoms with E-state index in [0.717, 1.165) is 12.8 Å². The molecule has 15 heavy (non-hydrogen) atoms. The van der Waals surface area contributed by atoms with Crippen LogP contribution in [-0.4, -0.2) is 13.0 Å². The standard InChI is InChI=1S/C11H11BrFNO/c1-14-11(15)7-4-5-8(12)10(13)9(7)6-2-3-6/h4-6H,2-3H2,1H3,(H,14,15). The van der Waals surface area contributed by atoms with Gasteiger partial charge in [0.25, 0.3) is 5.91 Å². The molecule has 0 saturated heterocycles. The van der Waals surface area contributed by atoms with Gasteiger partial charge in [0.1, 0.15) is 5.82 Å². The second-order valence-corrected chi connectivity index (χ2v) is 4.53. The zero-order valence-electron chi connectivity index (χ0n) is 8.31. The minimum Gasteiger partial charge on any atom is -0.355 e. The van der Waals surface area contributed by atoms with E-state index >= 15 is 0 Å². The average Bonchev–Trinajstić information content (AvgIpc) is 3.04. The molecule has 0 atom stereocenters.